The van der Waals surface area contributed by atoms with E-state index in [4.69, 9.17) is 14.2 Å². The minimum Gasteiger partial charge on any atom is -0.493 e. The second kappa shape index (κ2) is 9.48. The number of ether oxygens (including phenoxy) is 3. The summed E-state index contributed by atoms with van der Waals surface area (Å²) in [6.07, 6.45) is 0. The highest BCUT2D eigenvalue weighted by Crippen LogP contribution is 2.38. The van der Waals surface area contributed by atoms with Crippen molar-refractivity contribution in [1.29, 1.82) is 0 Å². The number of carbonyl (C=O) groups excluding carboxylic acids is 1. The van der Waals surface area contributed by atoms with Crippen molar-refractivity contribution in [3.05, 3.63) is 59.1 Å². The van der Waals surface area contributed by atoms with Crippen LogP contribution in [0.1, 0.15) is 16.1 Å². The van der Waals surface area contributed by atoms with Gasteiger partial charge in [-0.3, -0.25) is 10.1 Å². The van der Waals surface area contributed by atoms with E-state index in [2.05, 4.69) is 22.4 Å². The van der Waals surface area contributed by atoms with Crippen LogP contribution in [0.2, 0.25) is 0 Å². The number of aromatic nitrogens is 1. The van der Waals surface area contributed by atoms with Crippen LogP contribution >= 0.6 is 23.1 Å². The lowest BCUT2D eigenvalue weighted by Gasteiger charge is -2.13. The average Bonchev–Trinajstić information content (AvgIpc) is 3.19. The molecule has 0 aliphatic rings. The number of thioether (sulfide) groups is 1. The van der Waals surface area contributed by atoms with Gasteiger partial charge in [0, 0.05) is 21.6 Å². The Labute approximate surface area is 171 Å². The summed E-state index contributed by atoms with van der Waals surface area (Å²) in [6, 6.07) is 13.3. The Kier molecular flexibility index (Phi) is 6.78. The number of benzene rings is 2. The Bertz CT molecular complexity index is 919. The number of hydrogen-bond acceptors (Lipinski definition) is 7. The van der Waals surface area contributed by atoms with Gasteiger partial charge in [-0.05, 0) is 24.3 Å². The van der Waals surface area contributed by atoms with E-state index in [0.29, 0.717) is 27.9 Å². The van der Waals surface area contributed by atoms with E-state index in [0.717, 1.165) is 11.4 Å². The number of methoxy groups -OCH3 is 3. The van der Waals surface area contributed by atoms with E-state index in [1.165, 1.54) is 37.6 Å². The Hall–Kier alpha value is -2.71. The van der Waals surface area contributed by atoms with Crippen LogP contribution in [0, 0.1) is 0 Å². The third-order valence-electron chi connectivity index (χ3n) is 3.83. The monoisotopic (exact) mass is 416 g/mol. The summed E-state index contributed by atoms with van der Waals surface area (Å²) in [6.45, 7) is 0. The standard InChI is InChI=1S/C20H20N2O4S2/c1-24-16-9-13(10-17(25-2)18(16)26-3)19(23)22-20-21-14(12-28-20)11-27-15-7-5-4-6-8-15/h4-10,12H,11H2,1-3H3,(H,21,22,23). The van der Waals surface area contributed by atoms with E-state index < -0.39 is 0 Å². The van der Waals surface area contributed by atoms with Crippen molar-refractivity contribution in [3.63, 3.8) is 0 Å². The summed E-state index contributed by atoms with van der Waals surface area (Å²) in [5.74, 6) is 1.73. The molecule has 1 aromatic heterocycles. The number of nitrogens with zero attached hydrogens (tertiary/aromatic N) is 1. The van der Waals surface area contributed by atoms with Crippen LogP contribution in [0.5, 0.6) is 17.2 Å². The van der Waals surface area contributed by atoms with E-state index in [-0.39, 0.29) is 5.91 Å². The van der Waals surface area contributed by atoms with Crippen molar-refractivity contribution in [2.24, 2.45) is 0 Å². The average molecular weight is 417 g/mol. The van der Waals surface area contributed by atoms with Crippen LogP contribution in [0.3, 0.4) is 0 Å². The third-order valence-corrected chi connectivity index (χ3v) is 5.68. The first-order valence-corrected chi connectivity index (χ1v) is 10.2. The minimum atomic E-state index is -0.295. The summed E-state index contributed by atoms with van der Waals surface area (Å²) in [5, 5.41) is 5.31. The number of nitrogens with one attached hydrogen (secondary N) is 1. The zero-order valence-corrected chi connectivity index (χ0v) is 17.4. The number of amides is 1. The molecular formula is C20H20N2O4S2. The second-order valence-corrected chi connectivity index (χ2v) is 7.52. The molecule has 3 aromatic rings. The molecule has 0 saturated heterocycles. The summed E-state index contributed by atoms with van der Waals surface area (Å²) in [5.41, 5.74) is 1.31. The molecule has 8 heteroatoms. The Morgan fingerprint density at radius 1 is 1.07 bits per heavy atom. The molecule has 0 unspecified atom stereocenters. The largest absolute Gasteiger partial charge is 0.493 e. The number of hydrogen-bond donors (Lipinski definition) is 1. The van der Waals surface area contributed by atoms with Gasteiger partial charge >= 0.3 is 0 Å². The van der Waals surface area contributed by atoms with Crippen molar-refractivity contribution in [3.8, 4) is 17.2 Å². The first kappa shape index (κ1) is 20.0. The molecule has 0 spiro atoms. The maximum Gasteiger partial charge on any atom is 0.257 e. The molecule has 2 aromatic carbocycles. The van der Waals surface area contributed by atoms with Crippen molar-refractivity contribution < 1.29 is 19.0 Å². The molecule has 0 saturated carbocycles. The predicted octanol–water partition coefficient (Wildman–Crippen LogP) is 4.71. The summed E-state index contributed by atoms with van der Waals surface area (Å²) < 4.78 is 15.9. The molecule has 6 nitrogen and oxygen atoms in total. The van der Waals surface area contributed by atoms with Gasteiger partial charge in [-0.25, -0.2) is 4.98 Å². The fraction of sp³-hybridized carbons (Fsp3) is 0.200. The van der Waals surface area contributed by atoms with Gasteiger partial charge in [-0.15, -0.1) is 23.1 Å². The highest BCUT2D eigenvalue weighted by molar-refractivity contribution is 7.98. The number of carbonyl (C=O) groups is 1. The van der Waals surface area contributed by atoms with Crippen molar-refractivity contribution >= 4 is 34.1 Å². The quantitative estimate of drug-likeness (QED) is 0.536. The molecule has 0 atom stereocenters. The minimum absolute atomic E-state index is 0.295. The first-order chi connectivity index (χ1) is 13.6. The topological polar surface area (TPSA) is 69.7 Å². The SMILES string of the molecule is COc1cc(C(=O)Nc2nc(CSc3ccccc3)cs2)cc(OC)c1OC. The fourth-order valence-electron chi connectivity index (χ4n) is 2.49. The van der Waals surface area contributed by atoms with Gasteiger partial charge in [-0.1, -0.05) is 18.2 Å². The highest BCUT2D eigenvalue weighted by Gasteiger charge is 2.18. The van der Waals surface area contributed by atoms with Gasteiger partial charge in [0.2, 0.25) is 5.75 Å². The normalized spacial score (nSPS) is 10.4. The summed E-state index contributed by atoms with van der Waals surface area (Å²) in [4.78, 5) is 18.3. The van der Waals surface area contributed by atoms with Crippen LogP contribution in [0.4, 0.5) is 5.13 Å². The van der Waals surface area contributed by atoms with Crippen LogP contribution in [0.15, 0.2) is 52.7 Å². The molecule has 1 N–H and O–H groups in total. The van der Waals surface area contributed by atoms with Gasteiger partial charge in [0.25, 0.3) is 5.91 Å². The van der Waals surface area contributed by atoms with Gasteiger partial charge < -0.3 is 14.2 Å². The predicted molar refractivity (Wildman–Crippen MR) is 112 cm³/mol. The van der Waals surface area contributed by atoms with Gasteiger partial charge in [0.1, 0.15) is 0 Å². The van der Waals surface area contributed by atoms with Crippen molar-refractivity contribution in [2.75, 3.05) is 26.6 Å². The van der Waals surface area contributed by atoms with Gasteiger partial charge in [0.05, 0.1) is 27.0 Å². The van der Waals surface area contributed by atoms with E-state index >= 15 is 0 Å². The summed E-state index contributed by atoms with van der Waals surface area (Å²) in [7, 11) is 4.54. The van der Waals surface area contributed by atoms with Gasteiger partial charge in [0.15, 0.2) is 16.6 Å². The Morgan fingerprint density at radius 3 is 2.36 bits per heavy atom. The molecule has 0 aliphatic carbocycles. The maximum atomic E-state index is 12.6. The first-order valence-electron chi connectivity index (χ1n) is 8.38. The van der Waals surface area contributed by atoms with Crippen molar-refractivity contribution in [2.45, 2.75) is 10.6 Å². The fourth-order valence-corrected chi connectivity index (χ4v) is 4.11. The van der Waals surface area contributed by atoms with Crippen LogP contribution in [0.25, 0.3) is 0 Å². The van der Waals surface area contributed by atoms with E-state index in [1.807, 2.05) is 23.6 Å². The molecule has 0 fully saturated rings. The zero-order valence-electron chi connectivity index (χ0n) is 15.7. The Balaban J connectivity index is 1.69. The molecule has 0 bridgehead atoms. The van der Waals surface area contributed by atoms with Crippen LogP contribution in [-0.2, 0) is 5.75 Å². The molecule has 0 radical (unpaired) electrons. The number of thiazole rings is 1. The van der Waals surface area contributed by atoms with Crippen LogP contribution < -0.4 is 19.5 Å². The lowest BCUT2D eigenvalue weighted by Crippen LogP contribution is -2.12. The Morgan fingerprint density at radius 2 is 1.75 bits per heavy atom. The second-order valence-electron chi connectivity index (χ2n) is 5.61. The molecule has 0 aliphatic heterocycles. The lowest BCUT2D eigenvalue weighted by molar-refractivity contribution is 0.102. The lowest BCUT2D eigenvalue weighted by atomic mass is 10.1. The smallest absolute Gasteiger partial charge is 0.257 e. The molecule has 3 rings (SSSR count). The highest BCUT2D eigenvalue weighted by atomic mass is 32.2. The number of anilines is 1. The number of rotatable bonds is 8. The maximum absolute atomic E-state index is 12.6. The van der Waals surface area contributed by atoms with E-state index in [9.17, 15) is 4.79 Å². The van der Waals surface area contributed by atoms with Crippen molar-refractivity contribution in [1.82, 2.24) is 4.98 Å². The molecule has 1 amide bonds. The molecule has 1 heterocycles. The third kappa shape index (κ3) is 4.76. The van der Waals surface area contributed by atoms with Gasteiger partial charge in [-0.2, -0.15) is 0 Å². The molecule has 146 valence electrons. The van der Waals surface area contributed by atoms with E-state index in [1.54, 1.807) is 23.9 Å². The summed E-state index contributed by atoms with van der Waals surface area (Å²) >= 11 is 3.09. The zero-order chi connectivity index (χ0) is 19.9. The molecular weight excluding hydrogens is 396 g/mol. The van der Waals surface area contributed by atoms with Crippen LogP contribution in [-0.4, -0.2) is 32.2 Å². The molecule has 28 heavy (non-hydrogen) atoms.